The average Bonchev–Trinajstić information content (AvgIpc) is 2.74. The van der Waals surface area contributed by atoms with Gasteiger partial charge in [-0.05, 0) is 31.0 Å². The van der Waals surface area contributed by atoms with Gasteiger partial charge in [-0.1, -0.05) is 37.8 Å². The van der Waals surface area contributed by atoms with E-state index in [0.717, 1.165) is 23.6 Å². The van der Waals surface area contributed by atoms with Crippen molar-refractivity contribution in [2.75, 3.05) is 28.4 Å². The van der Waals surface area contributed by atoms with Crippen LogP contribution in [0.3, 0.4) is 0 Å². The number of nitrogens with zero attached hydrogens (tertiary/aromatic N) is 1. The summed E-state index contributed by atoms with van der Waals surface area (Å²) in [6.45, 7) is 2.19. The van der Waals surface area contributed by atoms with Crippen LogP contribution < -0.4 is 18.9 Å². The maximum Gasteiger partial charge on any atom is 0.140 e. The largest absolute Gasteiger partial charge is 0.496 e. The normalized spacial score (nSPS) is 11.5. The Morgan fingerprint density at radius 2 is 1.43 bits per heavy atom. The number of benzene rings is 2. The molecule has 0 saturated heterocycles. The summed E-state index contributed by atoms with van der Waals surface area (Å²) in [5, 5.41) is 14.8. The van der Waals surface area contributed by atoms with E-state index in [-0.39, 0.29) is 0 Å². The minimum Gasteiger partial charge on any atom is -0.496 e. The van der Waals surface area contributed by atoms with Gasteiger partial charge in [0.1, 0.15) is 23.0 Å². The summed E-state index contributed by atoms with van der Waals surface area (Å²) >= 11 is 0. The number of hydrogen-bond acceptors (Lipinski definition) is 6. The predicted octanol–water partition coefficient (Wildman–Crippen LogP) is 5.41. The molecule has 0 saturated carbocycles. The average molecular weight is 389 g/mol. The highest BCUT2D eigenvalue weighted by Gasteiger charge is 2.23. The van der Waals surface area contributed by atoms with E-state index in [2.05, 4.69) is 12.1 Å². The van der Waals surface area contributed by atoms with Gasteiger partial charge in [0.05, 0.1) is 44.9 Å². The van der Waals surface area contributed by atoms with Gasteiger partial charge in [0.15, 0.2) is 0 Å². The van der Waals surface area contributed by atoms with Gasteiger partial charge in [-0.2, -0.15) is 0 Å². The maximum absolute atomic E-state index is 9.70. The van der Waals surface area contributed by atoms with Crippen molar-refractivity contribution in [1.82, 2.24) is 0 Å². The second-order valence-corrected chi connectivity index (χ2v) is 6.59. The van der Waals surface area contributed by atoms with E-state index in [9.17, 15) is 5.21 Å². The van der Waals surface area contributed by atoms with E-state index in [1.165, 1.54) is 19.3 Å². The SMILES string of the molecule is CCCCCCCC(=NO)c1cc(OC)c2c(OC)ccc(OC)c2c1OC. The second kappa shape index (κ2) is 10.6. The monoisotopic (exact) mass is 389 g/mol. The molecule has 0 spiro atoms. The van der Waals surface area contributed by atoms with Crippen molar-refractivity contribution in [1.29, 1.82) is 0 Å². The van der Waals surface area contributed by atoms with Crippen LogP contribution in [0.15, 0.2) is 23.4 Å². The van der Waals surface area contributed by atoms with Gasteiger partial charge in [-0.15, -0.1) is 0 Å². The number of oxime groups is 1. The fraction of sp³-hybridized carbons (Fsp3) is 0.500. The molecule has 6 heteroatoms. The number of hydrogen-bond donors (Lipinski definition) is 1. The first-order chi connectivity index (χ1) is 13.7. The van der Waals surface area contributed by atoms with Gasteiger partial charge in [0, 0.05) is 5.56 Å². The van der Waals surface area contributed by atoms with E-state index in [1.54, 1.807) is 28.4 Å². The Bertz CT molecular complexity index is 816. The quantitative estimate of drug-likeness (QED) is 0.241. The highest BCUT2D eigenvalue weighted by atomic mass is 16.5. The van der Waals surface area contributed by atoms with Gasteiger partial charge in [0.25, 0.3) is 0 Å². The molecule has 0 aliphatic carbocycles. The minimum absolute atomic E-state index is 0.568. The van der Waals surface area contributed by atoms with E-state index in [1.807, 2.05) is 18.2 Å². The fourth-order valence-corrected chi connectivity index (χ4v) is 3.50. The first-order valence-electron chi connectivity index (χ1n) is 9.67. The van der Waals surface area contributed by atoms with Gasteiger partial charge in [0.2, 0.25) is 0 Å². The molecule has 0 aromatic heterocycles. The Balaban J connectivity index is 2.59. The number of ether oxygens (including phenoxy) is 4. The van der Waals surface area contributed by atoms with Crippen molar-refractivity contribution >= 4 is 16.5 Å². The summed E-state index contributed by atoms with van der Waals surface area (Å²) in [6, 6.07) is 5.50. The van der Waals surface area contributed by atoms with Gasteiger partial charge in [-0.3, -0.25) is 0 Å². The lowest BCUT2D eigenvalue weighted by Crippen LogP contribution is -2.07. The molecule has 2 rings (SSSR count). The third-order valence-corrected chi connectivity index (χ3v) is 4.94. The van der Waals surface area contributed by atoms with Crippen LogP contribution >= 0.6 is 0 Å². The highest BCUT2D eigenvalue weighted by molar-refractivity contribution is 6.12. The zero-order valence-corrected chi connectivity index (χ0v) is 17.5. The van der Waals surface area contributed by atoms with Crippen molar-refractivity contribution in [3.8, 4) is 23.0 Å². The van der Waals surface area contributed by atoms with Crippen LogP contribution in [-0.2, 0) is 0 Å². The van der Waals surface area contributed by atoms with Crippen molar-refractivity contribution in [2.45, 2.75) is 45.4 Å². The smallest absolute Gasteiger partial charge is 0.140 e. The highest BCUT2D eigenvalue weighted by Crippen LogP contribution is 2.46. The Hall–Kier alpha value is -2.63. The molecule has 0 amide bonds. The molecule has 28 heavy (non-hydrogen) atoms. The minimum atomic E-state index is 0.568. The first kappa shape index (κ1) is 21.7. The third kappa shape index (κ3) is 4.43. The van der Waals surface area contributed by atoms with Crippen molar-refractivity contribution in [3.05, 3.63) is 23.8 Å². The van der Waals surface area contributed by atoms with E-state index < -0.39 is 0 Å². The third-order valence-electron chi connectivity index (χ3n) is 4.94. The topological polar surface area (TPSA) is 69.5 Å². The lowest BCUT2D eigenvalue weighted by atomic mass is 9.96. The molecular weight excluding hydrogens is 358 g/mol. The number of unbranched alkanes of at least 4 members (excludes halogenated alkanes) is 4. The zero-order valence-electron chi connectivity index (χ0n) is 17.5. The molecule has 2 aromatic rings. The number of methoxy groups -OCH3 is 4. The lowest BCUT2D eigenvalue weighted by molar-refractivity contribution is 0.317. The molecule has 0 aliphatic heterocycles. The summed E-state index contributed by atoms with van der Waals surface area (Å²) in [6.07, 6.45) is 6.28. The maximum atomic E-state index is 9.70. The van der Waals surface area contributed by atoms with Gasteiger partial charge < -0.3 is 24.2 Å². The molecule has 0 unspecified atom stereocenters. The summed E-state index contributed by atoms with van der Waals surface area (Å²) in [5.41, 5.74) is 1.26. The Kier molecular flexibility index (Phi) is 8.23. The summed E-state index contributed by atoms with van der Waals surface area (Å²) in [5.74, 6) is 2.47. The second-order valence-electron chi connectivity index (χ2n) is 6.59. The van der Waals surface area contributed by atoms with Crippen LogP contribution in [0.4, 0.5) is 0 Å². The summed E-state index contributed by atoms with van der Waals surface area (Å²) in [4.78, 5) is 0. The molecule has 0 radical (unpaired) electrons. The number of fused-ring (bicyclic) bond motifs is 1. The molecule has 0 atom stereocenters. The Labute approximate surface area is 167 Å². The van der Waals surface area contributed by atoms with Crippen LogP contribution in [0.5, 0.6) is 23.0 Å². The lowest BCUT2D eigenvalue weighted by Gasteiger charge is -2.19. The fourth-order valence-electron chi connectivity index (χ4n) is 3.50. The molecule has 0 heterocycles. The molecule has 6 nitrogen and oxygen atoms in total. The van der Waals surface area contributed by atoms with E-state index >= 15 is 0 Å². The molecule has 0 bridgehead atoms. The molecule has 154 valence electrons. The number of rotatable bonds is 11. The molecule has 0 aliphatic rings. The molecular formula is C22H31NO5. The van der Waals surface area contributed by atoms with Gasteiger partial charge >= 0.3 is 0 Å². The Morgan fingerprint density at radius 1 is 0.821 bits per heavy atom. The summed E-state index contributed by atoms with van der Waals surface area (Å²) < 4.78 is 22.5. The van der Waals surface area contributed by atoms with Gasteiger partial charge in [-0.25, -0.2) is 0 Å². The van der Waals surface area contributed by atoms with Crippen LogP contribution in [0.1, 0.15) is 51.0 Å². The summed E-state index contributed by atoms with van der Waals surface area (Å²) in [7, 11) is 6.41. The zero-order chi connectivity index (χ0) is 20.5. The van der Waals surface area contributed by atoms with Crippen LogP contribution in [0, 0.1) is 0 Å². The van der Waals surface area contributed by atoms with Crippen molar-refractivity contribution in [2.24, 2.45) is 5.16 Å². The Morgan fingerprint density at radius 3 is 1.96 bits per heavy atom. The van der Waals surface area contributed by atoms with Crippen LogP contribution in [0.25, 0.3) is 10.8 Å². The van der Waals surface area contributed by atoms with Crippen LogP contribution in [-0.4, -0.2) is 39.4 Å². The molecule has 0 fully saturated rings. The van der Waals surface area contributed by atoms with E-state index in [4.69, 9.17) is 18.9 Å². The molecule has 2 aromatic carbocycles. The molecule has 1 N–H and O–H groups in total. The standard InChI is InChI=1S/C22H31NO5/c1-6-7-8-9-10-11-16(23-24)15-14-19(27-4)20-17(25-2)12-13-18(26-3)21(20)22(15)28-5/h12-14,24H,6-11H2,1-5H3. The van der Waals surface area contributed by atoms with Crippen molar-refractivity contribution < 1.29 is 24.2 Å². The van der Waals surface area contributed by atoms with E-state index in [0.29, 0.717) is 40.7 Å². The first-order valence-corrected chi connectivity index (χ1v) is 9.67. The van der Waals surface area contributed by atoms with Crippen molar-refractivity contribution in [3.63, 3.8) is 0 Å². The van der Waals surface area contributed by atoms with Crippen LogP contribution in [0.2, 0.25) is 0 Å². The predicted molar refractivity (Wildman–Crippen MR) is 112 cm³/mol.